The molecule has 0 amide bonds. The summed E-state index contributed by atoms with van der Waals surface area (Å²) in [4.78, 5) is 0.229. The first kappa shape index (κ1) is 15.3. The highest BCUT2D eigenvalue weighted by Crippen LogP contribution is 2.33. The minimum absolute atomic E-state index is 0.229. The number of hydrogen-bond donors (Lipinski definition) is 1. The molecule has 112 valence electrons. The molecule has 0 atom stereocenters. The van der Waals surface area contributed by atoms with Gasteiger partial charge in [-0.3, -0.25) is 0 Å². The van der Waals surface area contributed by atoms with E-state index in [0.29, 0.717) is 31.0 Å². The van der Waals surface area contributed by atoms with Crippen molar-refractivity contribution in [3.05, 3.63) is 23.3 Å². The molecule has 0 saturated carbocycles. The zero-order valence-corrected chi connectivity index (χ0v) is 13.3. The quantitative estimate of drug-likeness (QED) is 0.843. The fraction of sp³-hybridized carbons (Fsp3) is 0.571. The third-order valence-electron chi connectivity index (χ3n) is 3.73. The van der Waals surface area contributed by atoms with Crippen LogP contribution < -0.4 is 5.73 Å². The number of aryl methyl sites for hydroxylation is 2. The number of nitrogens with two attached hydrogens (primary N) is 1. The smallest absolute Gasteiger partial charge is 0.246 e. The number of rotatable bonds is 2. The van der Waals surface area contributed by atoms with Crippen LogP contribution in [-0.4, -0.2) is 38.0 Å². The van der Waals surface area contributed by atoms with Gasteiger partial charge in [0.1, 0.15) is 4.90 Å². The first-order valence-electron chi connectivity index (χ1n) is 6.64. The van der Waals surface area contributed by atoms with E-state index in [2.05, 4.69) is 0 Å². The Labute approximate surface area is 120 Å². The summed E-state index contributed by atoms with van der Waals surface area (Å²) < 4.78 is 32.9. The minimum atomic E-state index is -3.63. The van der Waals surface area contributed by atoms with Crippen LogP contribution in [0.25, 0.3) is 0 Å². The van der Waals surface area contributed by atoms with Crippen LogP contribution in [0.2, 0.25) is 0 Å². The molecule has 1 aliphatic heterocycles. The van der Waals surface area contributed by atoms with Gasteiger partial charge in [0.2, 0.25) is 10.0 Å². The standard InChI is InChI=1S/C14H22N2O3S/c1-10-5-6-11(2)13(12(10)15)20(17,18)16-7-8-19-9-14(16,3)4/h5-6H,7-9,15H2,1-4H3. The number of benzene rings is 1. The molecule has 0 aliphatic carbocycles. The van der Waals surface area contributed by atoms with Gasteiger partial charge in [-0.1, -0.05) is 12.1 Å². The van der Waals surface area contributed by atoms with Gasteiger partial charge >= 0.3 is 0 Å². The Bertz CT molecular complexity index is 624. The number of anilines is 1. The normalized spacial score (nSPS) is 20.0. The predicted molar refractivity (Wildman–Crippen MR) is 79.1 cm³/mol. The summed E-state index contributed by atoms with van der Waals surface area (Å²) in [5, 5.41) is 0. The van der Waals surface area contributed by atoms with Gasteiger partial charge in [0.15, 0.2) is 0 Å². The lowest BCUT2D eigenvalue weighted by Crippen LogP contribution is -2.55. The number of nitrogen functional groups attached to an aromatic ring is 1. The maximum Gasteiger partial charge on any atom is 0.246 e. The van der Waals surface area contributed by atoms with Crippen molar-refractivity contribution in [1.82, 2.24) is 4.31 Å². The summed E-state index contributed by atoms with van der Waals surface area (Å²) in [5.41, 5.74) is 7.25. The number of hydrogen-bond acceptors (Lipinski definition) is 4. The largest absolute Gasteiger partial charge is 0.397 e. The van der Waals surface area contributed by atoms with Crippen LogP contribution in [0.4, 0.5) is 5.69 Å². The van der Waals surface area contributed by atoms with Crippen LogP contribution in [0.15, 0.2) is 17.0 Å². The van der Waals surface area contributed by atoms with Crippen molar-refractivity contribution in [2.24, 2.45) is 0 Å². The minimum Gasteiger partial charge on any atom is -0.397 e. The Morgan fingerprint density at radius 1 is 1.25 bits per heavy atom. The van der Waals surface area contributed by atoms with Crippen molar-refractivity contribution < 1.29 is 13.2 Å². The zero-order chi connectivity index (χ0) is 15.1. The maximum absolute atomic E-state index is 13.0. The van der Waals surface area contributed by atoms with Crippen molar-refractivity contribution in [3.8, 4) is 0 Å². The molecule has 6 heteroatoms. The van der Waals surface area contributed by atoms with Crippen molar-refractivity contribution in [3.63, 3.8) is 0 Å². The average molecular weight is 298 g/mol. The summed E-state index contributed by atoms with van der Waals surface area (Å²) in [6.07, 6.45) is 0. The molecule has 1 aromatic carbocycles. The molecule has 1 fully saturated rings. The van der Waals surface area contributed by atoms with Gasteiger partial charge in [0.05, 0.1) is 24.4 Å². The number of nitrogens with zero attached hydrogens (tertiary/aromatic N) is 1. The van der Waals surface area contributed by atoms with E-state index in [4.69, 9.17) is 10.5 Å². The molecule has 0 aromatic heterocycles. The Morgan fingerprint density at radius 2 is 1.85 bits per heavy atom. The third-order valence-corrected chi connectivity index (χ3v) is 6.04. The molecule has 1 aliphatic rings. The molecule has 5 nitrogen and oxygen atoms in total. The number of sulfonamides is 1. The van der Waals surface area contributed by atoms with Crippen LogP contribution in [0.3, 0.4) is 0 Å². The molecule has 0 radical (unpaired) electrons. The lowest BCUT2D eigenvalue weighted by atomic mass is 10.1. The van der Waals surface area contributed by atoms with Crippen molar-refractivity contribution in [2.75, 3.05) is 25.5 Å². The molecular formula is C14H22N2O3S. The molecule has 1 heterocycles. The fourth-order valence-corrected chi connectivity index (χ4v) is 4.70. The molecule has 0 unspecified atom stereocenters. The van der Waals surface area contributed by atoms with Crippen LogP contribution in [0.5, 0.6) is 0 Å². The highest BCUT2D eigenvalue weighted by Gasteiger charge is 2.41. The van der Waals surface area contributed by atoms with Gasteiger partial charge < -0.3 is 10.5 Å². The predicted octanol–water partition coefficient (Wildman–Crippen LogP) is 1.69. The fourth-order valence-electron chi connectivity index (χ4n) is 2.55. The van der Waals surface area contributed by atoms with E-state index in [1.165, 1.54) is 4.31 Å². The van der Waals surface area contributed by atoms with Crippen LogP contribution >= 0.6 is 0 Å². The SMILES string of the molecule is Cc1ccc(C)c(S(=O)(=O)N2CCOCC2(C)C)c1N. The molecule has 2 N–H and O–H groups in total. The molecule has 0 spiro atoms. The summed E-state index contributed by atoms with van der Waals surface area (Å²) in [6.45, 7) is 8.47. The van der Waals surface area contributed by atoms with E-state index in [1.807, 2.05) is 26.8 Å². The molecule has 2 rings (SSSR count). The summed E-state index contributed by atoms with van der Waals surface area (Å²) in [5.74, 6) is 0. The second-order valence-electron chi connectivity index (χ2n) is 5.88. The van der Waals surface area contributed by atoms with Crippen molar-refractivity contribution in [1.29, 1.82) is 0 Å². The van der Waals surface area contributed by atoms with E-state index in [1.54, 1.807) is 13.0 Å². The zero-order valence-electron chi connectivity index (χ0n) is 12.4. The Hall–Kier alpha value is -1.11. The first-order valence-corrected chi connectivity index (χ1v) is 8.08. The van der Waals surface area contributed by atoms with Gasteiger partial charge in [0.25, 0.3) is 0 Å². The van der Waals surface area contributed by atoms with E-state index in [0.717, 1.165) is 5.56 Å². The molecule has 20 heavy (non-hydrogen) atoms. The monoisotopic (exact) mass is 298 g/mol. The molecular weight excluding hydrogens is 276 g/mol. The van der Waals surface area contributed by atoms with E-state index in [9.17, 15) is 8.42 Å². The van der Waals surface area contributed by atoms with Crippen molar-refractivity contribution >= 4 is 15.7 Å². The highest BCUT2D eigenvalue weighted by molar-refractivity contribution is 7.89. The Kier molecular flexibility index (Phi) is 3.83. The Morgan fingerprint density at radius 3 is 2.45 bits per heavy atom. The van der Waals surface area contributed by atoms with Crippen LogP contribution in [0.1, 0.15) is 25.0 Å². The van der Waals surface area contributed by atoms with Gasteiger partial charge in [-0.15, -0.1) is 0 Å². The first-order chi connectivity index (χ1) is 9.18. The molecule has 1 saturated heterocycles. The number of morpholine rings is 1. The third kappa shape index (κ3) is 2.43. The molecule has 1 aromatic rings. The van der Waals surface area contributed by atoms with E-state index >= 15 is 0 Å². The molecule has 0 bridgehead atoms. The topological polar surface area (TPSA) is 72.6 Å². The maximum atomic E-state index is 13.0. The van der Waals surface area contributed by atoms with Crippen LogP contribution in [-0.2, 0) is 14.8 Å². The second kappa shape index (κ2) is 5.02. The van der Waals surface area contributed by atoms with E-state index < -0.39 is 15.6 Å². The number of ether oxygens (including phenoxy) is 1. The highest BCUT2D eigenvalue weighted by atomic mass is 32.2. The average Bonchev–Trinajstić information content (AvgIpc) is 2.33. The lowest BCUT2D eigenvalue weighted by Gasteiger charge is -2.41. The second-order valence-corrected chi connectivity index (χ2v) is 7.68. The Balaban J connectivity index is 2.59. The van der Waals surface area contributed by atoms with Gasteiger partial charge in [0, 0.05) is 6.54 Å². The van der Waals surface area contributed by atoms with Gasteiger partial charge in [-0.2, -0.15) is 4.31 Å². The van der Waals surface area contributed by atoms with Crippen molar-refractivity contribution in [2.45, 2.75) is 38.1 Å². The summed E-state index contributed by atoms with van der Waals surface area (Å²) in [7, 11) is -3.63. The lowest BCUT2D eigenvalue weighted by molar-refractivity contribution is -0.00770. The van der Waals surface area contributed by atoms with Gasteiger partial charge in [-0.05, 0) is 38.8 Å². The van der Waals surface area contributed by atoms with Gasteiger partial charge in [-0.25, -0.2) is 8.42 Å². The summed E-state index contributed by atoms with van der Waals surface area (Å²) >= 11 is 0. The summed E-state index contributed by atoms with van der Waals surface area (Å²) in [6, 6.07) is 3.64. The van der Waals surface area contributed by atoms with E-state index in [-0.39, 0.29) is 4.90 Å². The van der Waals surface area contributed by atoms with Crippen LogP contribution in [0, 0.1) is 13.8 Å².